The Kier molecular flexibility index (Phi) is 9.37. The van der Waals surface area contributed by atoms with Gasteiger partial charge in [0, 0.05) is 56.8 Å². The summed E-state index contributed by atoms with van der Waals surface area (Å²) in [6.45, 7) is 8.56. The van der Waals surface area contributed by atoms with Crippen molar-refractivity contribution < 1.29 is 31.8 Å². The average Bonchev–Trinajstić information content (AvgIpc) is 3.70. The van der Waals surface area contributed by atoms with Gasteiger partial charge in [0.25, 0.3) is 5.91 Å². The molecule has 53 heavy (non-hydrogen) atoms. The van der Waals surface area contributed by atoms with E-state index in [1.165, 1.54) is 11.8 Å². The monoisotopic (exact) mass is 732 g/mol. The molecule has 2 atom stereocenters. The van der Waals surface area contributed by atoms with Crippen LogP contribution in [0.2, 0.25) is 0 Å². The summed E-state index contributed by atoms with van der Waals surface area (Å²) in [7, 11) is 3.25. The van der Waals surface area contributed by atoms with Crippen molar-refractivity contribution in [2.45, 2.75) is 76.5 Å². The number of amides is 1. The Morgan fingerprint density at radius 2 is 2.02 bits per heavy atom. The minimum atomic E-state index is -4.95. The van der Waals surface area contributed by atoms with Gasteiger partial charge in [-0.1, -0.05) is 24.0 Å². The molecule has 6 heterocycles. The number of carbonyl (C=O) groups excluding carboxylic acids is 1. The Bertz CT molecular complexity index is 2110. The van der Waals surface area contributed by atoms with Gasteiger partial charge in [-0.05, 0) is 45.2 Å². The first-order valence-corrected chi connectivity index (χ1v) is 17.4. The Hall–Kier alpha value is -5.12. The molecule has 0 saturated carbocycles. The molecule has 4 aliphatic rings. The Balaban J connectivity index is 1.31. The Morgan fingerprint density at radius 3 is 2.74 bits per heavy atom. The van der Waals surface area contributed by atoms with Gasteiger partial charge in [0.1, 0.15) is 12.4 Å². The molecular formula is C38H40F4N8O3. The molecule has 11 nitrogen and oxygen atoms in total. The van der Waals surface area contributed by atoms with Crippen molar-refractivity contribution in [3.63, 3.8) is 0 Å². The van der Waals surface area contributed by atoms with Crippen LogP contribution in [0.25, 0.3) is 0 Å². The number of aromatic nitrogens is 4. The number of aryl methyl sites for hydroxylation is 1. The molecule has 2 N–H and O–H groups in total. The van der Waals surface area contributed by atoms with Crippen LogP contribution in [0.3, 0.4) is 0 Å². The zero-order valence-corrected chi connectivity index (χ0v) is 29.9. The number of nitrogens with two attached hydrogens (primary N) is 1. The molecule has 0 spiro atoms. The van der Waals surface area contributed by atoms with Gasteiger partial charge in [-0.2, -0.15) is 28.2 Å². The fourth-order valence-corrected chi connectivity index (χ4v) is 8.14. The van der Waals surface area contributed by atoms with E-state index in [2.05, 4.69) is 34.3 Å². The predicted octanol–water partition coefficient (Wildman–Crippen LogP) is 4.87. The zero-order valence-electron chi connectivity index (χ0n) is 29.9. The number of alkyl halides is 3. The maximum absolute atomic E-state index is 15.8. The molecule has 2 aromatic heterocycles. The van der Waals surface area contributed by atoms with E-state index >= 15 is 4.39 Å². The smallest absolute Gasteiger partial charge is 0.418 e. The normalized spacial score (nSPS) is 21.2. The largest absolute Gasteiger partial charge is 0.461 e. The van der Waals surface area contributed by atoms with Crippen LogP contribution < -0.4 is 15.4 Å². The van der Waals surface area contributed by atoms with Crippen LogP contribution in [-0.2, 0) is 37.0 Å². The first-order chi connectivity index (χ1) is 25.2. The van der Waals surface area contributed by atoms with Gasteiger partial charge in [0.2, 0.25) is 0 Å². The quantitative estimate of drug-likeness (QED) is 0.164. The van der Waals surface area contributed by atoms with Crippen LogP contribution in [0.1, 0.15) is 88.4 Å². The number of hydrogen-bond acceptors (Lipinski definition) is 9. The second-order valence-electron chi connectivity index (χ2n) is 14.2. The number of hydrogen-bond donors (Lipinski definition) is 1. The number of anilines is 2. The number of nitrogen functional groups attached to an aromatic ring is 1. The highest BCUT2D eigenvalue weighted by molar-refractivity contribution is 5.94. The second kappa shape index (κ2) is 13.7. The molecule has 1 amide bonds. The van der Waals surface area contributed by atoms with Gasteiger partial charge in [-0.3, -0.25) is 14.4 Å². The van der Waals surface area contributed by atoms with Crippen molar-refractivity contribution in [2.24, 2.45) is 0 Å². The number of ether oxygens (including phenoxy) is 2. The van der Waals surface area contributed by atoms with Crippen molar-refractivity contribution in [3.8, 4) is 30.2 Å². The third kappa shape index (κ3) is 6.46. The lowest BCUT2D eigenvalue weighted by molar-refractivity contribution is -0.140. The van der Waals surface area contributed by atoms with Crippen molar-refractivity contribution in [3.05, 3.63) is 68.9 Å². The number of terminal acetylenes is 1. The van der Waals surface area contributed by atoms with E-state index in [0.29, 0.717) is 47.8 Å². The van der Waals surface area contributed by atoms with Crippen LogP contribution in [-0.4, -0.2) is 81.3 Å². The van der Waals surface area contributed by atoms with Crippen molar-refractivity contribution in [1.29, 1.82) is 0 Å². The fraction of sp³-hybridized carbons (Fsp3) is 0.474. The highest BCUT2D eigenvalue weighted by Crippen LogP contribution is 2.45. The molecule has 0 bridgehead atoms. The summed E-state index contributed by atoms with van der Waals surface area (Å²) < 4.78 is 73.8. The number of carbonyl (C=O) groups is 1. The Morgan fingerprint density at radius 1 is 1.23 bits per heavy atom. The van der Waals surface area contributed by atoms with Gasteiger partial charge in [-0.15, -0.1) is 12.3 Å². The predicted molar refractivity (Wildman–Crippen MR) is 188 cm³/mol. The van der Waals surface area contributed by atoms with Crippen molar-refractivity contribution in [1.82, 2.24) is 29.5 Å². The summed E-state index contributed by atoms with van der Waals surface area (Å²) in [5.41, 5.74) is 5.98. The lowest BCUT2D eigenvalue weighted by Gasteiger charge is -2.33. The lowest BCUT2D eigenvalue weighted by atomic mass is 9.90. The standard InChI is InChI=1S/C38H40F4N8O3/c1-6-10-23-15-26(43)32(39)30(31(23)38(40,41)42)29-16-27-25(20-52-29)34(45-36(44-27)53-21-37-11-8-13-49(37)18-22(3)17-37)48-12-9-14-50-28(19-48)24(7-2)33(46-50)35(51)47(4)5/h2,15,29H,3,8-9,11-14,16-21,43H2,1,4-5H3. The summed E-state index contributed by atoms with van der Waals surface area (Å²) in [4.78, 5) is 28.4. The molecule has 0 radical (unpaired) electrons. The third-order valence-electron chi connectivity index (χ3n) is 10.5. The first-order valence-electron chi connectivity index (χ1n) is 17.4. The Labute approximate surface area is 305 Å². The minimum absolute atomic E-state index is 0.0400. The SMILES string of the molecule is C#Cc1c(C(=O)N(C)C)nn2c1CN(c1nc(OCC34CCCN3CC(=C)C4)nc3c1COC(c1c(F)c(N)cc(C#CC)c1C(F)(F)F)C3)CCC2. The van der Waals surface area contributed by atoms with Gasteiger partial charge < -0.3 is 25.0 Å². The van der Waals surface area contributed by atoms with E-state index in [1.807, 2.05) is 4.90 Å². The summed E-state index contributed by atoms with van der Waals surface area (Å²) in [6.07, 6.45) is 2.69. The van der Waals surface area contributed by atoms with Crippen LogP contribution in [0.15, 0.2) is 18.2 Å². The van der Waals surface area contributed by atoms with Crippen LogP contribution in [0.4, 0.5) is 29.1 Å². The minimum Gasteiger partial charge on any atom is -0.461 e. The van der Waals surface area contributed by atoms with Gasteiger partial charge in [-0.25, -0.2) is 4.39 Å². The maximum atomic E-state index is 15.8. The van der Waals surface area contributed by atoms with Crippen LogP contribution in [0.5, 0.6) is 6.01 Å². The summed E-state index contributed by atoms with van der Waals surface area (Å²) in [6, 6.07) is 0.939. The molecule has 2 unspecified atom stereocenters. The van der Waals surface area contributed by atoms with E-state index in [9.17, 15) is 18.0 Å². The van der Waals surface area contributed by atoms with E-state index in [0.717, 1.165) is 44.0 Å². The fourth-order valence-electron chi connectivity index (χ4n) is 8.14. The summed E-state index contributed by atoms with van der Waals surface area (Å²) >= 11 is 0. The average molecular weight is 733 g/mol. The lowest BCUT2D eigenvalue weighted by Crippen LogP contribution is -2.43. The molecule has 278 valence electrons. The number of rotatable bonds is 6. The third-order valence-corrected chi connectivity index (χ3v) is 10.5. The number of nitrogens with zero attached hydrogens (tertiary/aromatic N) is 7. The highest BCUT2D eigenvalue weighted by atomic mass is 19.4. The molecule has 1 aromatic carbocycles. The molecule has 4 aliphatic heterocycles. The summed E-state index contributed by atoms with van der Waals surface area (Å²) in [5.74, 6) is 6.46. The zero-order chi connectivity index (χ0) is 37.8. The summed E-state index contributed by atoms with van der Waals surface area (Å²) in [5, 5.41) is 4.57. The van der Waals surface area contributed by atoms with Gasteiger partial charge in [0.15, 0.2) is 11.5 Å². The van der Waals surface area contributed by atoms with Crippen molar-refractivity contribution >= 4 is 17.4 Å². The van der Waals surface area contributed by atoms with E-state index in [1.54, 1.807) is 18.8 Å². The topological polar surface area (TPSA) is 115 Å². The molecule has 2 saturated heterocycles. The van der Waals surface area contributed by atoms with E-state index in [4.69, 9.17) is 31.6 Å². The molecule has 15 heteroatoms. The van der Waals surface area contributed by atoms with Gasteiger partial charge in [0.05, 0.1) is 53.0 Å². The molecule has 3 aromatic rings. The number of fused-ring (bicyclic) bond motifs is 3. The maximum Gasteiger partial charge on any atom is 0.418 e. The number of halogens is 4. The highest BCUT2D eigenvalue weighted by Gasteiger charge is 2.47. The van der Waals surface area contributed by atoms with Gasteiger partial charge >= 0.3 is 12.2 Å². The van der Waals surface area contributed by atoms with Crippen LogP contribution >= 0.6 is 0 Å². The van der Waals surface area contributed by atoms with Crippen LogP contribution in [0, 0.1) is 30.0 Å². The second-order valence-corrected chi connectivity index (χ2v) is 14.2. The van der Waals surface area contributed by atoms with E-state index < -0.39 is 40.5 Å². The number of benzene rings is 1. The molecular weight excluding hydrogens is 692 g/mol. The molecule has 2 fully saturated rings. The molecule has 7 rings (SSSR count). The van der Waals surface area contributed by atoms with Crippen molar-refractivity contribution in [2.75, 3.05) is 51.0 Å². The van der Waals surface area contributed by atoms with E-state index in [-0.39, 0.29) is 49.3 Å². The first kappa shape index (κ1) is 36.2. The molecule has 0 aliphatic carbocycles.